The van der Waals surface area contributed by atoms with Crippen LogP contribution >= 0.6 is 0 Å². The maximum Gasteiger partial charge on any atom is 0.0705 e. The summed E-state index contributed by atoms with van der Waals surface area (Å²) >= 11 is 0. The molecule has 1 fully saturated rings. The standard InChI is InChI=1S/C14H24N2O/c1-4-11-6-7-14(17,9-11)10-13-8-12(5-2)15-16(13)3/h8,11,17H,4-7,9-10H2,1-3H3. The van der Waals surface area contributed by atoms with Crippen molar-refractivity contribution in [1.82, 2.24) is 9.78 Å². The molecule has 0 radical (unpaired) electrons. The Morgan fingerprint density at radius 1 is 1.53 bits per heavy atom. The van der Waals surface area contributed by atoms with E-state index in [4.69, 9.17) is 0 Å². The van der Waals surface area contributed by atoms with Gasteiger partial charge in [0.05, 0.1) is 11.3 Å². The van der Waals surface area contributed by atoms with Crippen LogP contribution in [-0.2, 0) is 19.9 Å². The number of aliphatic hydroxyl groups is 1. The SMILES string of the molecule is CCc1cc(CC2(O)CCC(CC)C2)n(C)n1. The molecule has 1 aromatic heterocycles. The summed E-state index contributed by atoms with van der Waals surface area (Å²) in [6.45, 7) is 4.33. The highest BCUT2D eigenvalue weighted by molar-refractivity contribution is 5.13. The number of nitrogens with zero attached hydrogens (tertiary/aromatic N) is 2. The van der Waals surface area contributed by atoms with Gasteiger partial charge in [0.2, 0.25) is 0 Å². The van der Waals surface area contributed by atoms with Crippen LogP contribution < -0.4 is 0 Å². The smallest absolute Gasteiger partial charge is 0.0705 e. The number of rotatable bonds is 4. The molecule has 1 aromatic rings. The minimum absolute atomic E-state index is 0.487. The van der Waals surface area contributed by atoms with E-state index in [0.29, 0.717) is 5.92 Å². The third kappa shape index (κ3) is 2.71. The Hall–Kier alpha value is -0.830. The Balaban J connectivity index is 2.07. The first-order valence-electron chi connectivity index (χ1n) is 6.80. The van der Waals surface area contributed by atoms with E-state index >= 15 is 0 Å². The molecule has 0 bridgehead atoms. The Labute approximate surface area is 104 Å². The molecule has 1 aliphatic carbocycles. The molecule has 3 nitrogen and oxygen atoms in total. The van der Waals surface area contributed by atoms with Gasteiger partial charge in [0.25, 0.3) is 0 Å². The molecule has 96 valence electrons. The summed E-state index contributed by atoms with van der Waals surface area (Å²) in [6, 6.07) is 2.14. The van der Waals surface area contributed by atoms with E-state index in [1.807, 2.05) is 11.7 Å². The van der Waals surface area contributed by atoms with Crippen molar-refractivity contribution in [1.29, 1.82) is 0 Å². The molecule has 0 spiro atoms. The lowest BCUT2D eigenvalue weighted by molar-refractivity contribution is 0.0418. The van der Waals surface area contributed by atoms with Gasteiger partial charge in [0.1, 0.15) is 0 Å². The molecule has 2 atom stereocenters. The summed E-state index contributed by atoms with van der Waals surface area (Å²) < 4.78 is 1.93. The zero-order valence-electron chi connectivity index (χ0n) is 11.2. The normalized spacial score (nSPS) is 28.8. The molecule has 0 amide bonds. The second kappa shape index (κ2) is 4.81. The third-order valence-electron chi connectivity index (χ3n) is 4.16. The van der Waals surface area contributed by atoms with Crippen molar-refractivity contribution < 1.29 is 5.11 Å². The Morgan fingerprint density at radius 2 is 2.29 bits per heavy atom. The van der Waals surface area contributed by atoms with Gasteiger partial charge in [-0.1, -0.05) is 20.3 Å². The predicted octanol–water partition coefficient (Wildman–Crippen LogP) is 2.47. The zero-order valence-corrected chi connectivity index (χ0v) is 11.2. The van der Waals surface area contributed by atoms with Gasteiger partial charge >= 0.3 is 0 Å². The summed E-state index contributed by atoms with van der Waals surface area (Å²) in [5.41, 5.74) is 1.80. The Bertz CT molecular complexity index is 386. The molecule has 0 aliphatic heterocycles. The van der Waals surface area contributed by atoms with Crippen LogP contribution in [0, 0.1) is 5.92 Å². The van der Waals surface area contributed by atoms with Crippen molar-refractivity contribution in [2.75, 3.05) is 0 Å². The average molecular weight is 236 g/mol. The lowest BCUT2D eigenvalue weighted by Gasteiger charge is -2.22. The molecule has 2 unspecified atom stereocenters. The highest BCUT2D eigenvalue weighted by atomic mass is 16.3. The van der Waals surface area contributed by atoms with E-state index in [9.17, 15) is 5.11 Å². The number of hydrogen-bond acceptors (Lipinski definition) is 2. The van der Waals surface area contributed by atoms with Crippen molar-refractivity contribution in [3.05, 3.63) is 17.5 Å². The Kier molecular flexibility index (Phi) is 3.57. The van der Waals surface area contributed by atoms with Crippen LogP contribution in [0.3, 0.4) is 0 Å². The molecule has 1 saturated carbocycles. The highest BCUT2D eigenvalue weighted by Gasteiger charge is 2.37. The van der Waals surface area contributed by atoms with Gasteiger partial charge in [-0.3, -0.25) is 4.68 Å². The minimum Gasteiger partial charge on any atom is -0.389 e. The van der Waals surface area contributed by atoms with E-state index in [0.717, 1.165) is 31.4 Å². The fraction of sp³-hybridized carbons (Fsp3) is 0.786. The largest absolute Gasteiger partial charge is 0.389 e. The molecular formula is C14H24N2O. The first-order chi connectivity index (χ1) is 8.06. The second-order valence-electron chi connectivity index (χ2n) is 5.52. The molecule has 1 aliphatic rings. The topological polar surface area (TPSA) is 38.0 Å². The number of aromatic nitrogens is 2. The lowest BCUT2D eigenvalue weighted by atomic mass is 9.93. The van der Waals surface area contributed by atoms with Crippen LogP contribution in [0.1, 0.15) is 50.9 Å². The quantitative estimate of drug-likeness (QED) is 0.872. The third-order valence-corrected chi connectivity index (χ3v) is 4.16. The van der Waals surface area contributed by atoms with E-state index in [2.05, 4.69) is 25.0 Å². The highest BCUT2D eigenvalue weighted by Crippen LogP contribution is 2.38. The Morgan fingerprint density at radius 3 is 2.82 bits per heavy atom. The van der Waals surface area contributed by atoms with Gasteiger partial charge in [-0.25, -0.2) is 0 Å². The van der Waals surface area contributed by atoms with Crippen LogP contribution in [0.2, 0.25) is 0 Å². The van der Waals surface area contributed by atoms with Gasteiger partial charge in [-0.2, -0.15) is 5.10 Å². The fourth-order valence-corrected chi connectivity index (χ4v) is 2.97. The summed E-state index contributed by atoms with van der Waals surface area (Å²) in [5.74, 6) is 0.707. The first kappa shape index (κ1) is 12.6. The molecule has 17 heavy (non-hydrogen) atoms. The van der Waals surface area contributed by atoms with Crippen molar-refractivity contribution in [2.24, 2.45) is 13.0 Å². The fourth-order valence-electron chi connectivity index (χ4n) is 2.97. The maximum absolute atomic E-state index is 10.6. The van der Waals surface area contributed by atoms with Crippen molar-refractivity contribution >= 4 is 0 Å². The molecule has 0 saturated heterocycles. The van der Waals surface area contributed by atoms with Gasteiger partial charge in [-0.05, 0) is 37.7 Å². The molecule has 3 heteroatoms. The van der Waals surface area contributed by atoms with Crippen LogP contribution in [-0.4, -0.2) is 20.5 Å². The minimum atomic E-state index is -0.487. The predicted molar refractivity (Wildman–Crippen MR) is 68.9 cm³/mol. The van der Waals surface area contributed by atoms with Gasteiger partial charge < -0.3 is 5.11 Å². The van der Waals surface area contributed by atoms with Crippen molar-refractivity contribution in [3.8, 4) is 0 Å². The van der Waals surface area contributed by atoms with Crippen LogP contribution in [0.5, 0.6) is 0 Å². The number of aryl methyl sites for hydroxylation is 2. The first-order valence-corrected chi connectivity index (χ1v) is 6.80. The molecule has 0 aromatic carbocycles. The summed E-state index contributed by atoms with van der Waals surface area (Å²) in [7, 11) is 1.98. The molecule has 1 N–H and O–H groups in total. The summed E-state index contributed by atoms with van der Waals surface area (Å²) in [5, 5.41) is 15.1. The van der Waals surface area contributed by atoms with E-state index in [1.54, 1.807) is 0 Å². The summed E-state index contributed by atoms with van der Waals surface area (Å²) in [4.78, 5) is 0. The van der Waals surface area contributed by atoms with Crippen molar-refractivity contribution in [2.45, 2.75) is 58.0 Å². The zero-order chi connectivity index (χ0) is 12.5. The summed E-state index contributed by atoms with van der Waals surface area (Å²) in [6.07, 6.45) is 5.98. The monoisotopic (exact) mass is 236 g/mol. The van der Waals surface area contributed by atoms with E-state index in [-0.39, 0.29) is 0 Å². The average Bonchev–Trinajstić information content (AvgIpc) is 2.84. The van der Waals surface area contributed by atoms with E-state index in [1.165, 1.54) is 18.5 Å². The lowest BCUT2D eigenvalue weighted by Crippen LogP contribution is -2.29. The van der Waals surface area contributed by atoms with Crippen molar-refractivity contribution in [3.63, 3.8) is 0 Å². The second-order valence-corrected chi connectivity index (χ2v) is 5.52. The maximum atomic E-state index is 10.6. The van der Waals surface area contributed by atoms with E-state index < -0.39 is 5.60 Å². The van der Waals surface area contributed by atoms with Gasteiger partial charge in [0, 0.05) is 19.2 Å². The van der Waals surface area contributed by atoms with Crippen LogP contribution in [0.15, 0.2) is 6.07 Å². The van der Waals surface area contributed by atoms with Gasteiger partial charge in [-0.15, -0.1) is 0 Å². The molecular weight excluding hydrogens is 212 g/mol. The molecule has 2 rings (SSSR count). The molecule has 1 heterocycles. The van der Waals surface area contributed by atoms with Gasteiger partial charge in [0.15, 0.2) is 0 Å². The van der Waals surface area contributed by atoms with Crippen LogP contribution in [0.25, 0.3) is 0 Å². The van der Waals surface area contributed by atoms with Crippen LogP contribution in [0.4, 0.5) is 0 Å². The number of hydrogen-bond donors (Lipinski definition) is 1.